The first kappa shape index (κ1) is 11.7. The Balaban J connectivity index is 1.85. The molecule has 0 fully saturated rings. The molecule has 0 aromatic carbocycles. The van der Waals surface area contributed by atoms with Gasteiger partial charge in [-0.25, -0.2) is 0 Å². The molecular weight excluding hydrogens is 192 g/mol. The van der Waals surface area contributed by atoms with Crippen molar-refractivity contribution in [1.82, 2.24) is 10.3 Å². The predicted molar refractivity (Wildman–Crippen MR) is 64.7 cm³/mol. The standard InChI is InChI=1S/C11H20N2S/c1-14-9-4-2-3-7-12-10-11-6-5-8-13-11/h5-6,8,12-13H,2-4,7,9-10H2,1H3. The second-order valence-electron chi connectivity index (χ2n) is 3.43. The first-order valence-corrected chi connectivity index (χ1v) is 6.65. The molecule has 1 heterocycles. The van der Waals surface area contributed by atoms with E-state index in [-0.39, 0.29) is 0 Å². The van der Waals surface area contributed by atoms with Crippen LogP contribution in [0.2, 0.25) is 0 Å². The molecule has 0 saturated heterocycles. The van der Waals surface area contributed by atoms with E-state index < -0.39 is 0 Å². The SMILES string of the molecule is CSCCCCCNCc1ccc[nH]1. The van der Waals surface area contributed by atoms with Gasteiger partial charge in [-0.2, -0.15) is 11.8 Å². The Hall–Kier alpha value is -0.410. The van der Waals surface area contributed by atoms with E-state index in [1.54, 1.807) is 0 Å². The molecule has 0 saturated carbocycles. The van der Waals surface area contributed by atoms with E-state index in [0.29, 0.717) is 0 Å². The maximum Gasteiger partial charge on any atom is 0.0357 e. The Morgan fingerprint density at radius 2 is 2.29 bits per heavy atom. The van der Waals surface area contributed by atoms with Gasteiger partial charge in [0.15, 0.2) is 0 Å². The number of aromatic amines is 1. The van der Waals surface area contributed by atoms with E-state index in [1.807, 2.05) is 24.0 Å². The maximum absolute atomic E-state index is 3.43. The molecule has 1 aromatic heterocycles. The number of hydrogen-bond donors (Lipinski definition) is 2. The zero-order valence-electron chi connectivity index (χ0n) is 8.88. The zero-order chi connectivity index (χ0) is 10.1. The number of rotatable bonds is 8. The molecule has 0 bridgehead atoms. The molecule has 3 heteroatoms. The highest BCUT2D eigenvalue weighted by Gasteiger charge is 1.92. The average Bonchev–Trinajstić information content (AvgIpc) is 2.69. The van der Waals surface area contributed by atoms with Gasteiger partial charge in [0.25, 0.3) is 0 Å². The lowest BCUT2D eigenvalue weighted by molar-refractivity contribution is 0.614. The minimum atomic E-state index is 0.968. The molecule has 0 amide bonds. The largest absolute Gasteiger partial charge is 0.364 e. The molecule has 0 aliphatic carbocycles. The third-order valence-electron chi connectivity index (χ3n) is 2.18. The summed E-state index contributed by atoms with van der Waals surface area (Å²) in [6.07, 6.45) is 8.13. The molecule has 80 valence electrons. The predicted octanol–water partition coefficient (Wildman–Crippen LogP) is 2.64. The van der Waals surface area contributed by atoms with Gasteiger partial charge in [0.05, 0.1) is 0 Å². The molecule has 0 spiro atoms. The fourth-order valence-corrected chi connectivity index (χ4v) is 1.87. The van der Waals surface area contributed by atoms with Gasteiger partial charge in [-0.15, -0.1) is 0 Å². The van der Waals surface area contributed by atoms with Crippen LogP contribution in [-0.4, -0.2) is 23.5 Å². The Bertz CT molecular complexity index is 209. The van der Waals surface area contributed by atoms with E-state index in [4.69, 9.17) is 0 Å². The summed E-state index contributed by atoms with van der Waals surface area (Å²) >= 11 is 1.94. The monoisotopic (exact) mass is 212 g/mol. The molecule has 1 rings (SSSR count). The minimum absolute atomic E-state index is 0.968. The fourth-order valence-electron chi connectivity index (χ4n) is 1.37. The molecule has 0 aliphatic heterocycles. The van der Waals surface area contributed by atoms with Crippen LogP contribution < -0.4 is 5.32 Å². The Morgan fingerprint density at radius 3 is 3.00 bits per heavy atom. The summed E-state index contributed by atoms with van der Waals surface area (Å²) in [6, 6.07) is 4.15. The van der Waals surface area contributed by atoms with Crippen molar-refractivity contribution in [1.29, 1.82) is 0 Å². The summed E-state index contributed by atoms with van der Waals surface area (Å²) in [5.74, 6) is 1.30. The number of H-pyrrole nitrogens is 1. The van der Waals surface area contributed by atoms with Gasteiger partial charge >= 0.3 is 0 Å². The Kier molecular flexibility index (Phi) is 6.62. The average molecular weight is 212 g/mol. The third kappa shape index (κ3) is 5.35. The summed E-state index contributed by atoms with van der Waals surface area (Å²) < 4.78 is 0. The van der Waals surface area contributed by atoms with Crippen molar-refractivity contribution < 1.29 is 0 Å². The molecule has 0 radical (unpaired) electrons. The second-order valence-corrected chi connectivity index (χ2v) is 4.41. The van der Waals surface area contributed by atoms with Gasteiger partial charge in [-0.1, -0.05) is 6.42 Å². The van der Waals surface area contributed by atoms with E-state index in [0.717, 1.165) is 13.1 Å². The zero-order valence-corrected chi connectivity index (χ0v) is 9.70. The van der Waals surface area contributed by atoms with Crippen LogP contribution in [0, 0.1) is 0 Å². The van der Waals surface area contributed by atoms with Crippen molar-refractivity contribution in [3.8, 4) is 0 Å². The summed E-state index contributed by atoms with van der Waals surface area (Å²) in [4.78, 5) is 3.18. The molecule has 0 atom stereocenters. The first-order chi connectivity index (χ1) is 6.93. The summed E-state index contributed by atoms with van der Waals surface area (Å²) in [7, 11) is 0. The van der Waals surface area contributed by atoms with Crippen LogP contribution in [0.3, 0.4) is 0 Å². The lowest BCUT2D eigenvalue weighted by Crippen LogP contribution is -2.14. The first-order valence-electron chi connectivity index (χ1n) is 5.25. The van der Waals surface area contributed by atoms with Gasteiger partial charge in [-0.05, 0) is 43.5 Å². The van der Waals surface area contributed by atoms with Crippen molar-refractivity contribution in [2.45, 2.75) is 25.8 Å². The lowest BCUT2D eigenvalue weighted by atomic mass is 10.2. The summed E-state index contributed by atoms with van der Waals surface area (Å²) in [5, 5.41) is 3.43. The number of nitrogens with one attached hydrogen (secondary N) is 2. The third-order valence-corrected chi connectivity index (χ3v) is 2.88. The number of thioether (sulfide) groups is 1. The fraction of sp³-hybridized carbons (Fsp3) is 0.636. The van der Waals surface area contributed by atoms with Crippen LogP contribution in [0.1, 0.15) is 25.0 Å². The molecule has 0 unspecified atom stereocenters. The molecule has 1 aromatic rings. The minimum Gasteiger partial charge on any atom is -0.364 e. The summed E-state index contributed by atoms with van der Waals surface area (Å²) in [5.41, 5.74) is 1.27. The van der Waals surface area contributed by atoms with E-state index >= 15 is 0 Å². The molecule has 14 heavy (non-hydrogen) atoms. The van der Waals surface area contributed by atoms with Crippen molar-refractivity contribution >= 4 is 11.8 Å². The number of unbranched alkanes of at least 4 members (excludes halogenated alkanes) is 2. The topological polar surface area (TPSA) is 27.8 Å². The van der Waals surface area contributed by atoms with Crippen molar-refractivity contribution in [2.24, 2.45) is 0 Å². The van der Waals surface area contributed by atoms with Crippen LogP contribution in [0.15, 0.2) is 18.3 Å². The van der Waals surface area contributed by atoms with Crippen LogP contribution in [-0.2, 0) is 6.54 Å². The normalized spacial score (nSPS) is 10.6. The highest BCUT2D eigenvalue weighted by molar-refractivity contribution is 7.98. The molecule has 2 N–H and O–H groups in total. The van der Waals surface area contributed by atoms with Crippen molar-refractivity contribution in [2.75, 3.05) is 18.6 Å². The van der Waals surface area contributed by atoms with Gasteiger partial charge in [0.2, 0.25) is 0 Å². The highest BCUT2D eigenvalue weighted by atomic mass is 32.2. The van der Waals surface area contributed by atoms with Crippen molar-refractivity contribution in [3.05, 3.63) is 24.0 Å². The van der Waals surface area contributed by atoms with Crippen LogP contribution in [0.4, 0.5) is 0 Å². The van der Waals surface area contributed by atoms with E-state index in [9.17, 15) is 0 Å². The van der Waals surface area contributed by atoms with Crippen molar-refractivity contribution in [3.63, 3.8) is 0 Å². The molecule has 0 aliphatic rings. The second kappa shape index (κ2) is 7.94. The van der Waals surface area contributed by atoms with E-state index in [2.05, 4.69) is 22.6 Å². The van der Waals surface area contributed by atoms with Gasteiger partial charge < -0.3 is 10.3 Å². The van der Waals surface area contributed by atoms with Crippen LogP contribution >= 0.6 is 11.8 Å². The van der Waals surface area contributed by atoms with Crippen LogP contribution in [0.5, 0.6) is 0 Å². The Labute approximate surface area is 90.9 Å². The van der Waals surface area contributed by atoms with Crippen LogP contribution in [0.25, 0.3) is 0 Å². The molecular formula is C11H20N2S. The summed E-state index contributed by atoms with van der Waals surface area (Å²) in [6.45, 7) is 2.10. The van der Waals surface area contributed by atoms with E-state index in [1.165, 1.54) is 30.7 Å². The van der Waals surface area contributed by atoms with Gasteiger partial charge in [0, 0.05) is 18.4 Å². The lowest BCUT2D eigenvalue weighted by Gasteiger charge is -2.02. The molecule has 2 nitrogen and oxygen atoms in total. The quantitative estimate of drug-likeness (QED) is 0.648. The van der Waals surface area contributed by atoms with Gasteiger partial charge in [0.1, 0.15) is 0 Å². The smallest absolute Gasteiger partial charge is 0.0357 e. The maximum atomic E-state index is 3.43. The number of hydrogen-bond acceptors (Lipinski definition) is 2. The Morgan fingerprint density at radius 1 is 1.36 bits per heavy atom. The van der Waals surface area contributed by atoms with Gasteiger partial charge in [-0.3, -0.25) is 0 Å². The number of aromatic nitrogens is 1. The highest BCUT2D eigenvalue weighted by Crippen LogP contribution is 2.01.